The minimum Gasteiger partial charge on any atom is -0.382 e. The fourth-order valence-electron chi connectivity index (χ4n) is 2.55. The molecule has 1 aromatic rings. The van der Waals surface area contributed by atoms with E-state index in [9.17, 15) is 18.5 Å². The maximum atomic E-state index is 12.3. The molecule has 0 aliphatic carbocycles. The van der Waals surface area contributed by atoms with Crippen molar-refractivity contribution >= 4 is 21.4 Å². The number of non-ortho nitro benzene ring substituents is 1. The number of nitrogens with zero attached hydrogens (tertiary/aromatic N) is 3. The molecule has 0 bridgehead atoms. The lowest BCUT2D eigenvalue weighted by Gasteiger charge is -2.35. The van der Waals surface area contributed by atoms with Crippen LogP contribution in [-0.2, 0) is 19.5 Å². The molecule has 0 atom stereocenters. The number of ether oxygens (including phenoxy) is 2. The van der Waals surface area contributed by atoms with Crippen molar-refractivity contribution in [2.45, 2.75) is 0 Å². The first-order chi connectivity index (χ1) is 11.9. The molecule has 1 saturated heterocycles. The van der Waals surface area contributed by atoms with Crippen molar-refractivity contribution in [2.24, 2.45) is 0 Å². The predicted molar refractivity (Wildman–Crippen MR) is 93.4 cm³/mol. The second-order valence-corrected chi connectivity index (χ2v) is 7.67. The van der Waals surface area contributed by atoms with Crippen molar-refractivity contribution < 1.29 is 22.8 Å². The third-order valence-electron chi connectivity index (χ3n) is 3.98. The summed E-state index contributed by atoms with van der Waals surface area (Å²) in [6.07, 6.45) is 0. The van der Waals surface area contributed by atoms with E-state index in [4.69, 9.17) is 9.47 Å². The average molecular weight is 373 g/mol. The topological polar surface area (TPSA) is 102 Å². The standard InChI is InChI=1S/C15H23N3O6S/c1-23-10-11-24-12-13-25(21,22)17-8-6-16(7-9-17)14-2-4-15(5-3-14)18(19)20/h2-5H,6-13H2,1H3. The molecule has 0 spiro atoms. The Morgan fingerprint density at radius 2 is 1.72 bits per heavy atom. The van der Waals surface area contributed by atoms with Gasteiger partial charge in [-0.2, -0.15) is 4.31 Å². The molecule has 2 rings (SSSR count). The van der Waals surface area contributed by atoms with Crippen molar-refractivity contribution in [1.29, 1.82) is 0 Å². The molecule has 140 valence electrons. The van der Waals surface area contributed by atoms with E-state index in [2.05, 4.69) is 0 Å². The van der Waals surface area contributed by atoms with Gasteiger partial charge < -0.3 is 14.4 Å². The highest BCUT2D eigenvalue weighted by atomic mass is 32.2. The van der Waals surface area contributed by atoms with Crippen LogP contribution in [0, 0.1) is 10.1 Å². The third kappa shape index (κ3) is 5.63. The highest BCUT2D eigenvalue weighted by Gasteiger charge is 2.26. The molecular formula is C15H23N3O6S. The lowest BCUT2D eigenvalue weighted by molar-refractivity contribution is -0.384. The van der Waals surface area contributed by atoms with Gasteiger partial charge >= 0.3 is 0 Å². The van der Waals surface area contributed by atoms with Gasteiger partial charge in [-0.05, 0) is 12.1 Å². The van der Waals surface area contributed by atoms with Crippen LogP contribution in [-0.4, -0.2) is 76.5 Å². The van der Waals surface area contributed by atoms with Crippen LogP contribution in [0.3, 0.4) is 0 Å². The second kappa shape index (κ2) is 9.09. The summed E-state index contributed by atoms with van der Waals surface area (Å²) in [5, 5.41) is 10.7. The molecule has 0 N–H and O–H groups in total. The number of hydrogen-bond donors (Lipinski definition) is 0. The molecular weight excluding hydrogens is 350 g/mol. The van der Waals surface area contributed by atoms with Crippen LogP contribution in [0.25, 0.3) is 0 Å². The average Bonchev–Trinajstić information content (AvgIpc) is 2.62. The van der Waals surface area contributed by atoms with Gasteiger partial charge in [0.15, 0.2) is 0 Å². The van der Waals surface area contributed by atoms with Crippen molar-refractivity contribution in [3.63, 3.8) is 0 Å². The Balaban J connectivity index is 1.82. The first kappa shape index (κ1) is 19.6. The monoisotopic (exact) mass is 373 g/mol. The molecule has 0 aromatic heterocycles. The Hall–Kier alpha value is -1.75. The van der Waals surface area contributed by atoms with Gasteiger partial charge in [-0.15, -0.1) is 0 Å². The fourth-order valence-corrected chi connectivity index (χ4v) is 3.85. The Morgan fingerprint density at radius 1 is 1.08 bits per heavy atom. The lowest BCUT2D eigenvalue weighted by atomic mass is 10.2. The Morgan fingerprint density at radius 3 is 2.28 bits per heavy atom. The summed E-state index contributed by atoms with van der Waals surface area (Å²) >= 11 is 0. The number of nitro groups is 1. The minimum absolute atomic E-state index is 0.0402. The zero-order valence-electron chi connectivity index (χ0n) is 14.2. The van der Waals surface area contributed by atoms with Crippen molar-refractivity contribution in [3.8, 4) is 0 Å². The number of benzene rings is 1. The number of methoxy groups -OCH3 is 1. The molecule has 1 aliphatic heterocycles. The van der Waals surface area contributed by atoms with Gasteiger partial charge in [-0.25, -0.2) is 8.42 Å². The molecule has 10 heteroatoms. The van der Waals surface area contributed by atoms with E-state index in [1.807, 2.05) is 4.90 Å². The van der Waals surface area contributed by atoms with Crippen molar-refractivity contribution in [3.05, 3.63) is 34.4 Å². The minimum atomic E-state index is -3.34. The van der Waals surface area contributed by atoms with Gasteiger partial charge in [-0.1, -0.05) is 0 Å². The van der Waals surface area contributed by atoms with Gasteiger partial charge in [0.25, 0.3) is 5.69 Å². The number of nitro benzene ring substituents is 1. The van der Waals surface area contributed by atoms with Crippen molar-refractivity contribution in [2.75, 3.05) is 63.8 Å². The predicted octanol–water partition coefficient (Wildman–Crippen LogP) is 0.710. The first-order valence-electron chi connectivity index (χ1n) is 7.98. The summed E-state index contributed by atoms with van der Waals surface area (Å²) in [5.41, 5.74) is 0.893. The van der Waals surface area contributed by atoms with Crippen LogP contribution in [0.2, 0.25) is 0 Å². The summed E-state index contributed by atoms with van der Waals surface area (Å²) in [5.74, 6) is -0.0474. The van der Waals surface area contributed by atoms with Gasteiger partial charge in [0.1, 0.15) is 0 Å². The Bertz CT molecular complexity index is 656. The molecule has 1 aliphatic rings. The number of anilines is 1. The number of hydrogen-bond acceptors (Lipinski definition) is 7. The van der Waals surface area contributed by atoms with E-state index < -0.39 is 14.9 Å². The van der Waals surface area contributed by atoms with E-state index in [-0.39, 0.29) is 18.0 Å². The quantitative estimate of drug-likeness (QED) is 0.357. The summed E-state index contributed by atoms with van der Waals surface area (Å²) in [4.78, 5) is 12.3. The van der Waals surface area contributed by atoms with Crippen LogP contribution in [0.1, 0.15) is 0 Å². The zero-order valence-corrected chi connectivity index (χ0v) is 15.0. The van der Waals surface area contributed by atoms with E-state index in [0.29, 0.717) is 39.4 Å². The number of piperazine rings is 1. The third-order valence-corrected chi connectivity index (χ3v) is 5.81. The molecule has 1 aromatic carbocycles. The molecule has 1 heterocycles. The van der Waals surface area contributed by atoms with E-state index >= 15 is 0 Å². The molecule has 9 nitrogen and oxygen atoms in total. The van der Waals surface area contributed by atoms with E-state index in [0.717, 1.165) is 5.69 Å². The maximum absolute atomic E-state index is 12.3. The van der Waals surface area contributed by atoms with Crippen LogP contribution in [0.5, 0.6) is 0 Å². The molecule has 0 radical (unpaired) electrons. The number of rotatable bonds is 9. The van der Waals surface area contributed by atoms with E-state index in [1.54, 1.807) is 19.2 Å². The van der Waals surface area contributed by atoms with Crippen LogP contribution >= 0.6 is 0 Å². The van der Waals surface area contributed by atoms with Gasteiger partial charge in [0.05, 0.1) is 30.5 Å². The largest absolute Gasteiger partial charge is 0.382 e. The molecule has 1 fully saturated rings. The summed E-state index contributed by atoms with van der Waals surface area (Å²) in [6, 6.07) is 6.28. The van der Waals surface area contributed by atoms with Crippen LogP contribution in [0.15, 0.2) is 24.3 Å². The highest BCUT2D eigenvalue weighted by Crippen LogP contribution is 2.21. The maximum Gasteiger partial charge on any atom is 0.269 e. The highest BCUT2D eigenvalue weighted by molar-refractivity contribution is 7.89. The van der Waals surface area contributed by atoms with Crippen LogP contribution < -0.4 is 4.90 Å². The Labute approximate surface area is 147 Å². The molecule has 0 amide bonds. The smallest absolute Gasteiger partial charge is 0.269 e. The van der Waals surface area contributed by atoms with Crippen LogP contribution in [0.4, 0.5) is 11.4 Å². The molecule has 0 saturated carbocycles. The molecule has 25 heavy (non-hydrogen) atoms. The van der Waals surface area contributed by atoms with Gasteiger partial charge in [0, 0.05) is 51.1 Å². The normalized spacial score (nSPS) is 16.1. The molecule has 0 unspecified atom stereocenters. The SMILES string of the molecule is COCCOCCS(=O)(=O)N1CCN(c2ccc([N+](=O)[O-])cc2)CC1. The van der Waals surface area contributed by atoms with Gasteiger partial charge in [0.2, 0.25) is 10.0 Å². The zero-order chi connectivity index (χ0) is 18.3. The summed E-state index contributed by atoms with van der Waals surface area (Å²) < 4.78 is 36.1. The lowest BCUT2D eigenvalue weighted by Crippen LogP contribution is -2.49. The summed E-state index contributed by atoms with van der Waals surface area (Å²) in [6.45, 7) is 2.82. The Kier molecular flexibility index (Phi) is 7.12. The first-order valence-corrected chi connectivity index (χ1v) is 9.59. The van der Waals surface area contributed by atoms with Crippen molar-refractivity contribution in [1.82, 2.24) is 4.31 Å². The second-order valence-electron chi connectivity index (χ2n) is 5.58. The van der Waals surface area contributed by atoms with E-state index in [1.165, 1.54) is 16.4 Å². The number of sulfonamides is 1. The van der Waals surface area contributed by atoms with Gasteiger partial charge in [-0.3, -0.25) is 10.1 Å². The fraction of sp³-hybridized carbons (Fsp3) is 0.600. The summed E-state index contributed by atoms with van der Waals surface area (Å²) in [7, 11) is -1.78.